The molecule has 1 atom stereocenters. The number of rotatable bonds is 7. The Morgan fingerprint density at radius 2 is 1.97 bits per heavy atom. The fourth-order valence-electron chi connectivity index (χ4n) is 4.36. The summed E-state index contributed by atoms with van der Waals surface area (Å²) in [6.07, 6.45) is 0.410. The predicted molar refractivity (Wildman–Crippen MR) is 121 cm³/mol. The summed E-state index contributed by atoms with van der Waals surface area (Å²) in [5, 5.41) is 11.3. The average molecular weight is 423 g/mol. The number of carbonyl (C=O) groups is 1. The van der Waals surface area contributed by atoms with Crippen LogP contribution in [0, 0.1) is 6.92 Å². The van der Waals surface area contributed by atoms with E-state index in [1.54, 1.807) is 6.92 Å². The first kappa shape index (κ1) is 21.4. The van der Waals surface area contributed by atoms with Crippen molar-refractivity contribution in [2.24, 2.45) is 7.05 Å². The predicted octanol–water partition coefficient (Wildman–Crippen LogP) is 3.46. The third-order valence-corrected chi connectivity index (χ3v) is 6.06. The lowest BCUT2D eigenvalue weighted by Gasteiger charge is -2.30. The molecule has 0 spiro atoms. The van der Waals surface area contributed by atoms with Crippen molar-refractivity contribution in [3.63, 3.8) is 0 Å². The molecule has 1 aromatic heterocycles. The lowest BCUT2D eigenvalue weighted by atomic mass is 10.00. The molecule has 1 aliphatic rings. The molecule has 2 heterocycles. The van der Waals surface area contributed by atoms with Crippen LogP contribution in [0.4, 0.5) is 0 Å². The maximum absolute atomic E-state index is 12.5. The van der Waals surface area contributed by atoms with Crippen LogP contribution in [0.2, 0.25) is 0 Å². The summed E-state index contributed by atoms with van der Waals surface area (Å²) in [7, 11) is 1.93. The Balaban J connectivity index is 1.42. The summed E-state index contributed by atoms with van der Waals surface area (Å²) >= 11 is 0. The zero-order valence-electron chi connectivity index (χ0n) is 18.4. The van der Waals surface area contributed by atoms with Crippen LogP contribution in [0.3, 0.4) is 0 Å². The second kappa shape index (κ2) is 9.12. The Morgan fingerprint density at radius 1 is 1.19 bits per heavy atom. The first-order valence-electron chi connectivity index (χ1n) is 10.8. The molecular formula is C25H30N2O4. The van der Waals surface area contributed by atoms with Crippen molar-refractivity contribution in [2.75, 3.05) is 26.3 Å². The molecule has 0 radical (unpaired) electrons. The number of nitrogens with zero attached hydrogens (tertiary/aromatic N) is 2. The van der Waals surface area contributed by atoms with Crippen LogP contribution in [-0.2, 0) is 24.8 Å². The molecular weight excluding hydrogens is 392 g/mol. The van der Waals surface area contributed by atoms with Crippen molar-refractivity contribution in [1.29, 1.82) is 0 Å². The number of fused-ring (bicyclic) bond motifs is 2. The summed E-state index contributed by atoms with van der Waals surface area (Å²) < 4.78 is 13.1. The summed E-state index contributed by atoms with van der Waals surface area (Å²) in [6, 6.07) is 14.2. The Hall–Kier alpha value is -2.83. The number of esters is 1. The molecule has 2 aromatic carbocycles. The largest absolute Gasteiger partial charge is 0.491 e. The topological polar surface area (TPSA) is 63.9 Å². The molecule has 4 rings (SSSR count). The third-order valence-electron chi connectivity index (χ3n) is 6.06. The second-order valence-electron chi connectivity index (χ2n) is 8.14. The zero-order valence-corrected chi connectivity index (χ0v) is 18.4. The number of aliphatic hydroxyl groups excluding tert-OH is 1. The normalized spacial score (nSPS) is 15.0. The number of ether oxygens (including phenoxy) is 2. The van der Waals surface area contributed by atoms with Crippen LogP contribution in [0.5, 0.6) is 5.75 Å². The van der Waals surface area contributed by atoms with Gasteiger partial charge in [0.15, 0.2) is 0 Å². The molecule has 0 bridgehead atoms. The number of hydrogen-bond donors (Lipinski definition) is 1. The first-order chi connectivity index (χ1) is 15.0. The number of aliphatic hydroxyl groups is 1. The lowest BCUT2D eigenvalue weighted by Crippen LogP contribution is -2.38. The second-order valence-corrected chi connectivity index (χ2v) is 8.14. The maximum Gasteiger partial charge on any atom is 0.340 e. The van der Waals surface area contributed by atoms with Gasteiger partial charge in [-0.3, -0.25) is 4.90 Å². The molecule has 164 valence electrons. The lowest BCUT2D eigenvalue weighted by molar-refractivity contribution is 0.0527. The minimum Gasteiger partial charge on any atom is -0.491 e. The van der Waals surface area contributed by atoms with Gasteiger partial charge in [-0.1, -0.05) is 24.3 Å². The van der Waals surface area contributed by atoms with Gasteiger partial charge in [0.1, 0.15) is 18.5 Å². The van der Waals surface area contributed by atoms with E-state index in [2.05, 4.69) is 29.2 Å². The highest BCUT2D eigenvalue weighted by Gasteiger charge is 2.21. The van der Waals surface area contributed by atoms with Crippen molar-refractivity contribution >= 4 is 16.9 Å². The van der Waals surface area contributed by atoms with Crippen LogP contribution in [0.25, 0.3) is 10.9 Å². The fraction of sp³-hybridized carbons (Fsp3) is 0.400. The molecule has 1 N–H and O–H groups in total. The summed E-state index contributed by atoms with van der Waals surface area (Å²) in [5.41, 5.74) is 5.10. The Morgan fingerprint density at radius 3 is 2.74 bits per heavy atom. The number of hydrogen-bond acceptors (Lipinski definition) is 5. The minimum atomic E-state index is -0.594. The van der Waals surface area contributed by atoms with Crippen LogP contribution in [0.1, 0.15) is 34.1 Å². The Labute approximate surface area is 183 Å². The van der Waals surface area contributed by atoms with Gasteiger partial charge in [-0.25, -0.2) is 4.79 Å². The van der Waals surface area contributed by atoms with Gasteiger partial charge < -0.3 is 19.1 Å². The Kier molecular flexibility index (Phi) is 6.30. The van der Waals surface area contributed by atoms with Gasteiger partial charge in [-0.2, -0.15) is 0 Å². The van der Waals surface area contributed by atoms with Gasteiger partial charge in [0.05, 0.1) is 12.2 Å². The van der Waals surface area contributed by atoms with E-state index in [0.29, 0.717) is 24.5 Å². The first-order valence-corrected chi connectivity index (χ1v) is 10.8. The highest BCUT2D eigenvalue weighted by atomic mass is 16.5. The van der Waals surface area contributed by atoms with E-state index in [0.717, 1.165) is 36.1 Å². The molecule has 1 aliphatic heterocycles. The van der Waals surface area contributed by atoms with Crippen molar-refractivity contribution < 1.29 is 19.4 Å². The van der Waals surface area contributed by atoms with Gasteiger partial charge in [-0.15, -0.1) is 0 Å². The molecule has 6 nitrogen and oxygen atoms in total. The van der Waals surface area contributed by atoms with E-state index in [1.165, 1.54) is 11.1 Å². The van der Waals surface area contributed by atoms with Gasteiger partial charge in [0, 0.05) is 43.3 Å². The van der Waals surface area contributed by atoms with Gasteiger partial charge >= 0.3 is 5.97 Å². The van der Waals surface area contributed by atoms with E-state index in [4.69, 9.17) is 9.47 Å². The van der Waals surface area contributed by atoms with Crippen molar-refractivity contribution in [2.45, 2.75) is 32.9 Å². The average Bonchev–Trinajstić information content (AvgIpc) is 3.02. The highest BCUT2D eigenvalue weighted by Crippen LogP contribution is 2.29. The third kappa shape index (κ3) is 4.45. The van der Waals surface area contributed by atoms with Gasteiger partial charge in [0.25, 0.3) is 0 Å². The van der Waals surface area contributed by atoms with E-state index in [-0.39, 0.29) is 12.6 Å². The molecule has 0 saturated carbocycles. The molecule has 0 saturated heterocycles. The van der Waals surface area contributed by atoms with E-state index in [9.17, 15) is 9.90 Å². The summed E-state index contributed by atoms with van der Waals surface area (Å²) in [5.74, 6) is 0.305. The SMILES string of the molecule is CCOC(=O)c1c(C)n(C)c2ccc(OC[C@H](O)CN3CCc4ccccc4C3)cc12. The molecule has 31 heavy (non-hydrogen) atoms. The quantitative estimate of drug-likeness (QED) is 0.591. The van der Waals surface area contributed by atoms with E-state index >= 15 is 0 Å². The van der Waals surface area contributed by atoms with Crippen LogP contribution < -0.4 is 4.74 Å². The molecule has 0 aliphatic carbocycles. The van der Waals surface area contributed by atoms with Gasteiger partial charge in [0.2, 0.25) is 0 Å². The number of benzene rings is 2. The van der Waals surface area contributed by atoms with Crippen molar-refractivity contribution in [3.8, 4) is 5.75 Å². The van der Waals surface area contributed by atoms with Crippen LogP contribution in [-0.4, -0.2) is 53.0 Å². The molecule has 6 heteroatoms. The Bertz CT molecular complexity index is 1090. The van der Waals surface area contributed by atoms with Crippen molar-refractivity contribution in [3.05, 3.63) is 64.8 Å². The summed E-state index contributed by atoms with van der Waals surface area (Å²) in [4.78, 5) is 14.7. The monoisotopic (exact) mass is 422 g/mol. The van der Waals surface area contributed by atoms with Crippen molar-refractivity contribution in [1.82, 2.24) is 9.47 Å². The minimum absolute atomic E-state index is 0.199. The van der Waals surface area contributed by atoms with Crippen LogP contribution in [0.15, 0.2) is 42.5 Å². The highest BCUT2D eigenvalue weighted by molar-refractivity contribution is 6.06. The smallest absolute Gasteiger partial charge is 0.340 e. The maximum atomic E-state index is 12.5. The standard InChI is InChI=1S/C25H30N2O4/c1-4-30-25(29)24-17(2)26(3)23-10-9-21(13-22(23)24)31-16-20(28)15-27-12-11-18-7-5-6-8-19(18)14-27/h5-10,13,20,28H,4,11-12,14-16H2,1-3H3/t20-/m1/s1. The molecule has 0 amide bonds. The fourth-order valence-corrected chi connectivity index (χ4v) is 4.36. The number of aromatic nitrogens is 1. The van der Waals surface area contributed by atoms with E-state index in [1.807, 2.05) is 36.7 Å². The van der Waals surface area contributed by atoms with Crippen LogP contribution >= 0.6 is 0 Å². The molecule has 0 fully saturated rings. The zero-order chi connectivity index (χ0) is 22.0. The summed E-state index contributed by atoms with van der Waals surface area (Å²) in [6.45, 7) is 6.59. The molecule has 3 aromatic rings. The number of carbonyl (C=O) groups excluding carboxylic acids is 1. The molecule has 0 unspecified atom stereocenters. The number of aryl methyl sites for hydroxylation is 1. The van der Waals surface area contributed by atoms with Gasteiger partial charge in [-0.05, 0) is 49.6 Å². The number of β-amino-alcohol motifs (C(OH)–C–C–N with tert-alkyl or cyclic N) is 1. The van der Waals surface area contributed by atoms with E-state index < -0.39 is 6.10 Å².